The number of benzene rings is 2. The Morgan fingerprint density at radius 2 is 1.82 bits per heavy atom. The van der Waals surface area contributed by atoms with Crippen molar-refractivity contribution >= 4 is 17.6 Å². The van der Waals surface area contributed by atoms with Gasteiger partial charge in [0.05, 0.1) is 24.7 Å². The Morgan fingerprint density at radius 1 is 1.11 bits per heavy atom. The summed E-state index contributed by atoms with van der Waals surface area (Å²) in [7, 11) is 1.06. The first kappa shape index (κ1) is 27.8. The first-order valence-corrected chi connectivity index (χ1v) is 11.3. The highest BCUT2D eigenvalue weighted by atomic mass is 19.2. The SMILES string of the molecule is CCOC(=O)C(CC(N)=O)N(C)c1c(F)c(F)nc(Oc2cc(C#N)ccc2OCc2ccccc2)c1F. The molecular weight excluding hydrogens is 505 g/mol. The third-order valence-electron chi connectivity index (χ3n) is 5.27. The lowest BCUT2D eigenvalue weighted by molar-refractivity contribution is -0.146. The number of halogens is 3. The number of amides is 1. The first-order chi connectivity index (χ1) is 18.2. The fourth-order valence-electron chi connectivity index (χ4n) is 3.44. The monoisotopic (exact) mass is 528 g/mol. The van der Waals surface area contributed by atoms with E-state index in [0.717, 1.165) is 12.6 Å². The van der Waals surface area contributed by atoms with Crippen LogP contribution in [0.4, 0.5) is 18.9 Å². The van der Waals surface area contributed by atoms with E-state index in [4.69, 9.17) is 19.9 Å². The van der Waals surface area contributed by atoms with Gasteiger partial charge < -0.3 is 24.8 Å². The number of rotatable bonds is 11. The molecule has 0 saturated heterocycles. The maximum Gasteiger partial charge on any atom is 0.329 e. The van der Waals surface area contributed by atoms with Crippen LogP contribution < -0.4 is 20.1 Å². The molecular formula is C26H23F3N4O5. The Morgan fingerprint density at radius 3 is 2.45 bits per heavy atom. The van der Waals surface area contributed by atoms with Crippen molar-refractivity contribution < 1.29 is 37.0 Å². The predicted octanol–water partition coefficient (Wildman–Crippen LogP) is 3.99. The molecule has 1 aromatic heterocycles. The molecule has 0 aliphatic rings. The Balaban J connectivity index is 2.02. The molecule has 3 aromatic rings. The summed E-state index contributed by atoms with van der Waals surface area (Å²) in [4.78, 5) is 27.8. The Bertz CT molecular complexity index is 1370. The smallest absolute Gasteiger partial charge is 0.329 e. The molecule has 1 atom stereocenters. The molecule has 1 unspecified atom stereocenters. The quantitative estimate of drug-likeness (QED) is 0.292. The van der Waals surface area contributed by atoms with Gasteiger partial charge in [-0.05, 0) is 24.6 Å². The summed E-state index contributed by atoms with van der Waals surface area (Å²) in [5, 5.41) is 9.27. The van der Waals surface area contributed by atoms with Gasteiger partial charge in [-0.3, -0.25) is 4.79 Å². The number of likely N-dealkylation sites (N-methyl/N-ethyl adjacent to an activating group) is 1. The number of nitrogens with zero attached hydrogens (tertiary/aromatic N) is 3. The number of nitriles is 1. The minimum atomic E-state index is -1.74. The van der Waals surface area contributed by atoms with Crippen molar-refractivity contribution in [1.29, 1.82) is 5.26 Å². The summed E-state index contributed by atoms with van der Waals surface area (Å²) < 4.78 is 60.9. The van der Waals surface area contributed by atoms with E-state index in [2.05, 4.69) is 4.98 Å². The number of aromatic nitrogens is 1. The Kier molecular flexibility index (Phi) is 9.10. The molecule has 0 aliphatic carbocycles. The van der Waals surface area contributed by atoms with Crippen molar-refractivity contribution in [3.8, 4) is 23.4 Å². The van der Waals surface area contributed by atoms with E-state index in [0.29, 0.717) is 4.90 Å². The second-order valence-electron chi connectivity index (χ2n) is 7.88. The van der Waals surface area contributed by atoms with Gasteiger partial charge in [0.1, 0.15) is 18.3 Å². The second kappa shape index (κ2) is 12.4. The zero-order chi connectivity index (χ0) is 27.8. The van der Waals surface area contributed by atoms with Crippen LogP contribution in [0.5, 0.6) is 17.4 Å². The van der Waals surface area contributed by atoms with E-state index in [1.165, 1.54) is 25.1 Å². The minimum Gasteiger partial charge on any atom is -0.485 e. The molecule has 0 bridgehead atoms. The summed E-state index contributed by atoms with van der Waals surface area (Å²) in [6.07, 6.45) is -0.671. The third kappa shape index (κ3) is 6.50. The maximum atomic E-state index is 15.6. The minimum absolute atomic E-state index is 0.0619. The molecule has 2 aromatic carbocycles. The number of carbonyl (C=O) groups is 2. The van der Waals surface area contributed by atoms with E-state index in [9.17, 15) is 23.6 Å². The molecule has 9 nitrogen and oxygen atoms in total. The van der Waals surface area contributed by atoms with Crippen molar-refractivity contribution in [2.24, 2.45) is 5.73 Å². The summed E-state index contributed by atoms with van der Waals surface area (Å²) in [6.45, 7) is 1.48. The molecule has 3 rings (SSSR count). The number of ether oxygens (including phenoxy) is 3. The van der Waals surface area contributed by atoms with Crippen LogP contribution in [0.2, 0.25) is 0 Å². The first-order valence-electron chi connectivity index (χ1n) is 11.3. The van der Waals surface area contributed by atoms with Crippen molar-refractivity contribution in [2.45, 2.75) is 26.0 Å². The van der Waals surface area contributed by atoms with Gasteiger partial charge in [0.25, 0.3) is 11.8 Å². The number of primary amides is 1. The van der Waals surface area contributed by atoms with Crippen LogP contribution in [0.3, 0.4) is 0 Å². The number of hydrogen-bond donors (Lipinski definition) is 1. The molecule has 1 heterocycles. The van der Waals surface area contributed by atoms with Gasteiger partial charge in [-0.2, -0.15) is 23.4 Å². The van der Waals surface area contributed by atoms with Gasteiger partial charge in [-0.15, -0.1) is 0 Å². The van der Waals surface area contributed by atoms with Gasteiger partial charge in [0, 0.05) is 13.1 Å². The van der Waals surface area contributed by atoms with Gasteiger partial charge in [-0.1, -0.05) is 30.3 Å². The largest absolute Gasteiger partial charge is 0.485 e. The van der Waals surface area contributed by atoms with Gasteiger partial charge in [0.2, 0.25) is 17.5 Å². The zero-order valence-corrected chi connectivity index (χ0v) is 20.4. The number of hydrogen-bond acceptors (Lipinski definition) is 8. The average molecular weight is 528 g/mol. The lowest BCUT2D eigenvalue weighted by Gasteiger charge is -2.28. The van der Waals surface area contributed by atoms with Crippen LogP contribution in [-0.2, 0) is 20.9 Å². The number of pyridine rings is 1. The van der Waals surface area contributed by atoms with E-state index in [1.54, 1.807) is 24.3 Å². The van der Waals surface area contributed by atoms with Crippen LogP contribution in [0, 0.1) is 28.9 Å². The van der Waals surface area contributed by atoms with Gasteiger partial charge in [0.15, 0.2) is 11.5 Å². The van der Waals surface area contributed by atoms with E-state index in [1.807, 2.05) is 12.1 Å². The van der Waals surface area contributed by atoms with Crippen LogP contribution in [0.1, 0.15) is 24.5 Å². The highest BCUT2D eigenvalue weighted by molar-refractivity contribution is 5.87. The number of carbonyl (C=O) groups excluding carboxylic acids is 2. The molecule has 198 valence electrons. The van der Waals surface area contributed by atoms with Crippen LogP contribution in [-0.4, -0.2) is 36.6 Å². The lowest BCUT2D eigenvalue weighted by atomic mass is 10.1. The molecule has 0 saturated carbocycles. The highest BCUT2D eigenvalue weighted by Gasteiger charge is 2.34. The van der Waals surface area contributed by atoms with Gasteiger partial charge in [-0.25, -0.2) is 4.79 Å². The predicted molar refractivity (Wildman–Crippen MR) is 129 cm³/mol. The maximum absolute atomic E-state index is 15.6. The molecule has 0 fully saturated rings. The van der Waals surface area contributed by atoms with Crippen LogP contribution >= 0.6 is 0 Å². The summed E-state index contributed by atoms with van der Waals surface area (Å²) in [5.41, 5.74) is 5.04. The standard InChI is InChI=1S/C26H23F3N4O5/c1-3-36-26(35)17(12-20(31)34)33(2)23-21(27)24(29)32-25(22(23)28)38-19-11-16(13-30)9-10-18(19)37-14-15-7-5-4-6-8-15/h4-11,17H,3,12,14H2,1-2H3,(H2,31,34). The second-order valence-corrected chi connectivity index (χ2v) is 7.88. The van der Waals surface area contributed by atoms with Crippen molar-refractivity contribution in [3.63, 3.8) is 0 Å². The Hall–Kier alpha value is -4.79. The topological polar surface area (TPSA) is 128 Å². The molecule has 1 amide bonds. The number of nitrogens with two attached hydrogens (primary N) is 1. The third-order valence-corrected chi connectivity index (χ3v) is 5.27. The Labute approximate surface area is 216 Å². The van der Waals surface area contributed by atoms with Gasteiger partial charge >= 0.3 is 5.97 Å². The molecule has 0 aliphatic heterocycles. The molecule has 0 radical (unpaired) electrons. The normalized spacial score (nSPS) is 11.3. The molecule has 2 N–H and O–H groups in total. The fraction of sp³-hybridized carbons (Fsp3) is 0.231. The van der Waals surface area contributed by atoms with E-state index >= 15 is 4.39 Å². The molecule has 12 heteroatoms. The van der Waals surface area contributed by atoms with Crippen molar-refractivity contribution in [3.05, 3.63) is 77.2 Å². The summed E-state index contributed by atoms with van der Waals surface area (Å²) in [5.74, 6) is -8.08. The van der Waals surface area contributed by atoms with Crippen molar-refractivity contribution in [2.75, 3.05) is 18.6 Å². The van der Waals surface area contributed by atoms with Crippen LogP contribution in [0.25, 0.3) is 0 Å². The molecule has 38 heavy (non-hydrogen) atoms. The zero-order valence-electron chi connectivity index (χ0n) is 20.4. The average Bonchev–Trinajstić information content (AvgIpc) is 2.90. The van der Waals surface area contributed by atoms with Crippen molar-refractivity contribution in [1.82, 2.24) is 4.98 Å². The van der Waals surface area contributed by atoms with Crippen LogP contribution in [0.15, 0.2) is 48.5 Å². The molecule has 0 spiro atoms. The highest BCUT2D eigenvalue weighted by Crippen LogP contribution is 2.37. The fourth-order valence-corrected chi connectivity index (χ4v) is 3.44. The van der Waals surface area contributed by atoms with E-state index < -0.39 is 53.5 Å². The summed E-state index contributed by atoms with van der Waals surface area (Å²) in [6, 6.07) is 13.4. The summed E-state index contributed by atoms with van der Waals surface area (Å²) >= 11 is 0. The number of esters is 1. The number of anilines is 1. The lowest BCUT2D eigenvalue weighted by Crippen LogP contribution is -2.43. The van der Waals surface area contributed by atoms with E-state index in [-0.39, 0.29) is 30.3 Å².